The number of hydrogen-bond donors (Lipinski definition) is 4. The topological polar surface area (TPSA) is 186 Å². The largest absolute Gasteiger partial charge is 0.462 e. The van der Waals surface area contributed by atoms with Gasteiger partial charge in [0.15, 0.2) is 12.4 Å². The zero-order valence-electron chi connectivity index (χ0n) is 35.4. The highest BCUT2D eigenvalue weighted by Crippen LogP contribution is 2.24. The van der Waals surface area contributed by atoms with Crippen LogP contribution in [0.4, 0.5) is 0 Å². The molecular formula is C45H76O12S. The maximum Gasteiger partial charge on any atom is 0.306 e. The van der Waals surface area contributed by atoms with Gasteiger partial charge in [-0.2, -0.15) is 8.42 Å². The predicted molar refractivity (Wildman–Crippen MR) is 229 cm³/mol. The molecule has 58 heavy (non-hydrogen) atoms. The molecule has 1 fully saturated rings. The van der Waals surface area contributed by atoms with Gasteiger partial charge in [0.25, 0.3) is 10.1 Å². The highest BCUT2D eigenvalue weighted by molar-refractivity contribution is 7.85. The van der Waals surface area contributed by atoms with Crippen molar-refractivity contribution in [2.45, 2.75) is 192 Å². The SMILES string of the molecule is CC/C=C/C/C=C/C/C=C/C/C=C/CCCCC(=O)OC[C@H](CO[C@H]1O[C@H](CS(=O)(=O)O)[C@@H](O)C(O)C1O)OC(=O)CC/C=C/CCCCCCCCCCCCC. The third-order valence-corrected chi connectivity index (χ3v) is 10.3. The van der Waals surface area contributed by atoms with Crippen LogP contribution in [0.1, 0.15) is 155 Å². The van der Waals surface area contributed by atoms with E-state index >= 15 is 0 Å². The van der Waals surface area contributed by atoms with E-state index in [2.05, 4.69) is 68.5 Å². The Kier molecular flexibility index (Phi) is 32.3. The van der Waals surface area contributed by atoms with Crippen LogP contribution in [0.15, 0.2) is 60.8 Å². The number of hydrogen-bond acceptors (Lipinski definition) is 11. The van der Waals surface area contributed by atoms with Crippen LogP contribution in [-0.4, -0.2) is 96.0 Å². The van der Waals surface area contributed by atoms with Gasteiger partial charge in [0, 0.05) is 12.8 Å². The molecule has 0 amide bonds. The van der Waals surface area contributed by atoms with Crippen molar-refractivity contribution in [1.82, 2.24) is 0 Å². The summed E-state index contributed by atoms with van der Waals surface area (Å²) in [5, 5.41) is 30.8. The Morgan fingerprint density at radius 3 is 1.71 bits per heavy atom. The van der Waals surface area contributed by atoms with Gasteiger partial charge in [0.05, 0.1) is 6.61 Å². The van der Waals surface area contributed by atoms with Crippen molar-refractivity contribution in [2.75, 3.05) is 19.0 Å². The molecule has 1 aliphatic rings. The van der Waals surface area contributed by atoms with E-state index in [-0.39, 0.29) is 19.4 Å². The molecule has 334 valence electrons. The molecule has 1 rings (SSSR count). The molecule has 0 aromatic carbocycles. The van der Waals surface area contributed by atoms with E-state index in [1.807, 2.05) is 6.08 Å². The van der Waals surface area contributed by atoms with E-state index < -0.39 is 71.2 Å². The second-order valence-corrected chi connectivity index (χ2v) is 16.5. The molecule has 0 aliphatic carbocycles. The molecule has 12 nitrogen and oxygen atoms in total. The maximum atomic E-state index is 12.8. The minimum Gasteiger partial charge on any atom is -0.462 e. The van der Waals surface area contributed by atoms with Gasteiger partial charge in [-0.15, -0.1) is 0 Å². The van der Waals surface area contributed by atoms with Gasteiger partial charge >= 0.3 is 11.9 Å². The molecule has 0 spiro atoms. The monoisotopic (exact) mass is 841 g/mol. The Morgan fingerprint density at radius 1 is 0.603 bits per heavy atom. The Balaban J connectivity index is 2.52. The number of rotatable bonds is 35. The molecule has 1 heterocycles. The summed E-state index contributed by atoms with van der Waals surface area (Å²) < 4.78 is 53.9. The number of aliphatic hydroxyl groups is 3. The fourth-order valence-electron chi connectivity index (χ4n) is 6.21. The predicted octanol–water partition coefficient (Wildman–Crippen LogP) is 8.56. The molecule has 0 aromatic rings. The first kappa shape index (κ1) is 53.4. The fourth-order valence-corrected chi connectivity index (χ4v) is 6.90. The Hall–Kier alpha value is -2.65. The van der Waals surface area contributed by atoms with Crippen molar-refractivity contribution < 1.29 is 56.8 Å². The number of ether oxygens (including phenoxy) is 4. The van der Waals surface area contributed by atoms with Crippen molar-refractivity contribution in [3.63, 3.8) is 0 Å². The molecule has 6 atom stereocenters. The van der Waals surface area contributed by atoms with E-state index in [4.69, 9.17) is 18.9 Å². The van der Waals surface area contributed by atoms with Crippen molar-refractivity contribution in [1.29, 1.82) is 0 Å². The molecule has 0 bridgehead atoms. The lowest BCUT2D eigenvalue weighted by Gasteiger charge is -2.40. The van der Waals surface area contributed by atoms with Crippen molar-refractivity contribution in [3.05, 3.63) is 60.8 Å². The highest BCUT2D eigenvalue weighted by atomic mass is 32.2. The van der Waals surface area contributed by atoms with Gasteiger partial charge < -0.3 is 34.3 Å². The lowest BCUT2D eigenvalue weighted by atomic mass is 10.00. The van der Waals surface area contributed by atoms with Crippen LogP contribution in [0.3, 0.4) is 0 Å². The molecule has 4 N–H and O–H groups in total. The van der Waals surface area contributed by atoms with E-state index in [0.29, 0.717) is 12.8 Å². The number of carbonyl (C=O) groups excluding carboxylic acids is 2. The minimum absolute atomic E-state index is 0.0698. The third-order valence-electron chi connectivity index (χ3n) is 9.59. The summed E-state index contributed by atoms with van der Waals surface area (Å²) in [6.07, 6.45) is 32.9. The van der Waals surface area contributed by atoms with E-state index in [9.17, 15) is 37.9 Å². The molecule has 0 aromatic heterocycles. The lowest BCUT2D eigenvalue weighted by Crippen LogP contribution is -2.60. The normalized spacial score (nSPS) is 21.0. The quantitative estimate of drug-likeness (QED) is 0.0207. The summed E-state index contributed by atoms with van der Waals surface area (Å²) in [4.78, 5) is 25.3. The summed E-state index contributed by atoms with van der Waals surface area (Å²) >= 11 is 0. The van der Waals surface area contributed by atoms with E-state index in [1.165, 1.54) is 64.2 Å². The van der Waals surface area contributed by atoms with Gasteiger partial charge in [0.1, 0.15) is 36.8 Å². The van der Waals surface area contributed by atoms with Crippen molar-refractivity contribution >= 4 is 22.1 Å². The van der Waals surface area contributed by atoms with Gasteiger partial charge in [-0.05, 0) is 64.2 Å². The molecule has 2 unspecified atom stereocenters. The number of unbranched alkanes of at least 4 members (excludes halogenated alkanes) is 13. The molecule has 1 saturated heterocycles. The van der Waals surface area contributed by atoms with Crippen molar-refractivity contribution in [3.8, 4) is 0 Å². The first-order valence-electron chi connectivity index (χ1n) is 21.8. The smallest absolute Gasteiger partial charge is 0.306 e. The third kappa shape index (κ3) is 29.5. The van der Waals surface area contributed by atoms with Crippen LogP contribution in [0, 0.1) is 0 Å². The van der Waals surface area contributed by atoms with Crippen LogP contribution in [0.5, 0.6) is 0 Å². The van der Waals surface area contributed by atoms with Gasteiger partial charge in [-0.1, -0.05) is 139 Å². The van der Waals surface area contributed by atoms with Crippen LogP contribution in [0.2, 0.25) is 0 Å². The molecule has 1 aliphatic heterocycles. The fraction of sp³-hybridized carbons (Fsp3) is 0.733. The van der Waals surface area contributed by atoms with Gasteiger partial charge in [-0.25, -0.2) is 0 Å². The number of esters is 2. The molecule has 0 saturated carbocycles. The lowest BCUT2D eigenvalue weighted by molar-refractivity contribution is -0.297. The van der Waals surface area contributed by atoms with Crippen LogP contribution in [0.25, 0.3) is 0 Å². The summed E-state index contributed by atoms with van der Waals surface area (Å²) in [6.45, 7) is 3.56. The standard InChI is InChI=1S/C45H76O12S/c1-3-5-7-9-11-13-15-17-19-21-23-25-27-29-31-33-40(46)54-35-38(36-55-45-44(50)43(49)42(48)39(57-45)37-58(51,52)53)56-41(47)34-32-30-28-26-24-22-20-18-16-14-12-10-8-6-4-2/h5,7,11,13,17,19,23,25,28,30,38-39,42-45,48-50H,3-4,6,8-10,12,14-16,18,20-22,24,26-27,29,31-37H2,1-2H3,(H,51,52,53)/b7-5+,13-11+,19-17+,25-23+,30-28+/t38-,39-,42-,43?,44?,45+/m1/s1. The summed E-state index contributed by atoms with van der Waals surface area (Å²) in [5.41, 5.74) is 0. The Bertz CT molecular complexity index is 1310. The van der Waals surface area contributed by atoms with Crippen LogP contribution < -0.4 is 0 Å². The average molecular weight is 841 g/mol. The minimum atomic E-state index is -4.61. The van der Waals surface area contributed by atoms with Gasteiger partial charge in [0.2, 0.25) is 0 Å². The second kappa shape index (κ2) is 35.1. The Labute approximate surface area is 349 Å². The van der Waals surface area contributed by atoms with E-state index in [1.54, 1.807) is 0 Å². The zero-order valence-corrected chi connectivity index (χ0v) is 36.2. The number of aliphatic hydroxyl groups excluding tert-OH is 3. The maximum absolute atomic E-state index is 12.8. The van der Waals surface area contributed by atoms with Crippen LogP contribution in [-0.2, 0) is 38.7 Å². The van der Waals surface area contributed by atoms with E-state index in [0.717, 1.165) is 51.4 Å². The molecule has 13 heteroatoms. The van der Waals surface area contributed by atoms with Crippen LogP contribution >= 0.6 is 0 Å². The van der Waals surface area contributed by atoms with Crippen molar-refractivity contribution in [2.24, 2.45) is 0 Å². The first-order chi connectivity index (χ1) is 28.0. The number of carbonyl (C=O) groups is 2. The molecule has 0 radical (unpaired) electrons. The zero-order chi connectivity index (χ0) is 42.7. The summed E-state index contributed by atoms with van der Waals surface area (Å²) in [6, 6.07) is 0. The first-order valence-corrected chi connectivity index (χ1v) is 23.5. The summed E-state index contributed by atoms with van der Waals surface area (Å²) in [7, 11) is -4.61. The average Bonchev–Trinajstić information content (AvgIpc) is 3.18. The van der Waals surface area contributed by atoms with Gasteiger partial charge in [-0.3, -0.25) is 14.1 Å². The summed E-state index contributed by atoms with van der Waals surface area (Å²) in [5.74, 6) is -2.10. The Morgan fingerprint density at radius 2 is 1.12 bits per heavy atom. The number of allylic oxidation sites excluding steroid dienone is 10. The second-order valence-electron chi connectivity index (χ2n) is 15.0. The highest BCUT2D eigenvalue weighted by Gasteiger charge is 2.46. The molecular weight excluding hydrogens is 765 g/mol.